The molecule has 11 heteroatoms. The topological polar surface area (TPSA) is 153 Å². The van der Waals surface area contributed by atoms with E-state index in [1.807, 2.05) is 56.3 Å². The maximum Gasteiger partial charge on any atom is 0.335 e. The Morgan fingerprint density at radius 3 is 2.04 bits per heavy atom. The van der Waals surface area contributed by atoms with Crippen LogP contribution < -0.4 is 10.6 Å². The summed E-state index contributed by atoms with van der Waals surface area (Å²) in [5.41, 5.74) is 5.63. The first-order chi connectivity index (χ1) is 25.1. The van der Waals surface area contributed by atoms with Crippen LogP contribution in [0.25, 0.3) is 0 Å². The first-order valence-electron chi connectivity index (χ1n) is 17.8. The fourth-order valence-corrected chi connectivity index (χ4v) is 7.92. The first-order valence-corrected chi connectivity index (χ1v) is 18.7. The molecule has 0 aliphatic heterocycles. The van der Waals surface area contributed by atoms with Gasteiger partial charge in [0, 0.05) is 35.1 Å². The number of hydrogen-bond acceptors (Lipinski definition) is 6. The van der Waals surface area contributed by atoms with E-state index >= 15 is 0 Å². The van der Waals surface area contributed by atoms with Gasteiger partial charge in [-0.15, -0.1) is 11.3 Å². The summed E-state index contributed by atoms with van der Waals surface area (Å²) < 4.78 is 0. The van der Waals surface area contributed by atoms with Gasteiger partial charge in [-0.05, 0) is 110 Å². The van der Waals surface area contributed by atoms with Crippen LogP contribution in [-0.2, 0) is 41.8 Å². The monoisotopic (exact) mass is 723 g/mol. The summed E-state index contributed by atoms with van der Waals surface area (Å²) in [6.45, 7) is 4.24. The lowest BCUT2D eigenvalue weighted by Crippen LogP contribution is -2.39. The Labute approximate surface area is 307 Å². The Kier molecular flexibility index (Phi) is 13.0. The molecule has 1 aliphatic rings. The van der Waals surface area contributed by atoms with E-state index in [1.165, 1.54) is 11.3 Å². The second kappa shape index (κ2) is 17.8. The van der Waals surface area contributed by atoms with Gasteiger partial charge in [-0.1, -0.05) is 50.2 Å². The van der Waals surface area contributed by atoms with Gasteiger partial charge < -0.3 is 25.7 Å². The van der Waals surface area contributed by atoms with Gasteiger partial charge in [0.25, 0.3) is 11.8 Å². The number of rotatable bonds is 16. The van der Waals surface area contributed by atoms with Crippen LogP contribution in [0.1, 0.15) is 111 Å². The van der Waals surface area contributed by atoms with Crippen molar-refractivity contribution in [3.8, 4) is 0 Å². The summed E-state index contributed by atoms with van der Waals surface area (Å²) in [5, 5.41) is 24.8. The average molecular weight is 724 g/mol. The maximum atomic E-state index is 13.8. The highest BCUT2D eigenvalue weighted by Crippen LogP contribution is 2.39. The fourth-order valence-electron chi connectivity index (χ4n) is 6.64. The molecular weight excluding hydrogens is 679 g/mol. The van der Waals surface area contributed by atoms with Gasteiger partial charge in [0.15, 0.2) is 0 Å². The molecule has 0 atom stereocenters. The van der Waals surface area contributed by atoms with E-state index in [4.69, 9.17) is 10.2 Å². The van der Waals surface area contributed by atoms with Crippen molar-refractivity contribution in [3.63, 3.8) is 0 Å². The number of carbonyl (C=O) groups excluding carboxylic acids is 3. The standard InChI is InChI=1S/C41H45N3O7S/c1-3-32(4-2)44(35(45)22-23-36(46)47)25-28-8-7-9-30(24-28)38(48)43-40-37(33-10-5-6-11-34(33)52-40)39(49)42-31-20-16-27(17-21-31)13-12-26-14-18-29(19-15-26)41(50)51/h7-9,14-21,24,32H,3-6,10-13,22-23,25H2,1-2H3,(H,42,49)(H,43,48)(H,46,47)(H,50,51). The highest BCUT2D eigenvalue weighted by molar-refractivity contribution is 7.17. The highest BCUT2D eigenvalue weighted by Gasteiger charge is 2.27. The van der Waals surface area contributed by atoms with E-state index in [0.717, 1.165) is 78.5 Å². The molecule has 0 radical (unpaired) electrons. The van der Waals surface area contributed by atoms with Crippen LogP contribution in [-0.4, -0.2) is 50.8 Å². The van der Waals surface area contributed by atoms with Crippen molar-refractivity contribution in [2.45, 2.75) is 90.6 Å². The molecule has 0 saturated heterocycles. The number of fused-ring (bicyclic) bond motifs is 1. The van der Waals surface area contributed by atoms with Crippen molar-refractivity contribution in [3.05, 3.63) is 117 Å². The summed E-state index contributed by atoms with van der Waals surface area (Å²) in [6.07, 6.45) is 6.22. The van der Waals surface area contributed by atoms with Crippen molar-refractivity contribution >= 4 is 51.7 Å². The quantitative estimate of drug-likeness (QED) is 0.0914. The number of nitrogens with one attached hydrogen (secondary N) is 2. The van der Waals surface area contributed by atoms with E-state index in [2.05, 4.69) is 10.6 Å². The molecule has 0 unspecified atom stereocenters. The molecule has 4 N–H and O–H groups in total. The third-order valence-electron chi connectivity index (χ3n) is 9.54. The molecule has 4 aromatic rings. The zero-order chi connectivity index (χ0) is 37.2. The molecule has 1 aliphatic carbocycles. The van der Waals surface area contributed by atoms with Crippen LogP contribution in [0, 0.1) is 0 Å². The molecule has 0 saturated carbocycles. The number of amides is 3. The van der Waals surface area contributed by atoms with Crippen LogP contribution in [0.4, 0.5) is 10.7 Å². The van der Waals surface area contributed by atoms with Gasteiger partial charge in [-0.25, -0.2) is 4.79 Å². The molecule has 10 nitrogen and oxygen atoms in total. The van der Waals surface area contributed by atoms with Gasteiger partial charge in [0.2, 0.25) is 5.91 Å². The van der Waals surface area contributed by atoms with Crippen LogP contribution in [0.2, 0.25) is 0 Å². The lowest BCUT2D eigenvalue weighted by atomic mass is 9.95. The number of thiophene rings is 1. The van der Waals surface area contributed by atoms with Crippen LogP contribution in [0.3, 0.4) is 0 Å². The predicted molar refractivity (Wildman–Crippen MR) is 202 cm³/mol. The largest absolute Gasteiger partial charge is 0.481 e. The van der Waals surface area contributed by atoms with E-state index < -0.39 is 11.9 Å². The summed E-state index contributed by atoms with van der Waals surface area (Å²) >= 11 is 1.44. The lowest BCUT2D eigenvalue weighted by Gasteiger charge is -2.31. The van der Waals surface area contributed by atoms with Crippen LogP contribution in [0.15, 0.2) is 72.8 Å². The first kappa shape index (κ1) is 38.0. The van der Waals surface area contributed by atoms with Gasteiger partial charge in [0.1, 0.15) is 5.00 Å². The number of aryl methyl sites for hydroxylation is 3. The van der Waals surface area contributed by atoms with Gasteiger partial charge in [-0.2, -0.15) is 0 Å². The van der Waals surface area contributed by atoms with Crippen molar-refractivity contribution in [2.75, 3.05) is 10.6 Å². The van der Waals surface area contributed by atoms with Gasteiger partial charge in [-0.3, -0.25) is 19.2 Å². The third kappa shape index (κ3) is 9.73. The summed E-state index contributed by atoms with van der Waals surface area (Å²) in [5.74, 6) is -2.84. The molecule has 0 bridgehead atoms. The lowest BCUT2D eigenvalue weighted by molar-refractivity contribution is -0.142. The number of carbonyl (C=O) groups is 5. The highest BCUT2D eigenvalue weighted by atomic mass is 32.1. The Morgan fingerprint density at radius 2 is 1.40 bits per heavy atom. The van der Waals surface area contributed by atoms with E-state index in [0.29, 0.717) is 21.8 Å². The second-order valence-corrected chi connectivity index (χ2v) is 14.2. The second-order valence-electron chi connectivity index (χ2n) is 13.1. The van der Waals surface area contributed by atoms with Crippen LogP contribution in [0.5, 0.6) is 0 Å². The minimum absolute atomic E-state index is 0.0570. The maximum absolute atomic E-state index is 13.8. The Morgan fingerprint density at radius 1 is 0.750 bits per heavy atom. The molecule has 0 fully saturated rings. The minimum atomic E-state index is -1.02. The predicted octanol–water partition coefficient (Wildman–Crippen LogP) is 8.00. The minimum Gasteiger partial charge on any atom is -0.481 e. The van der Waals surface area contributed by atoms with Crippen molar-refractivity contribution in [1.29, 1.82) is 0 Å². The molecule has 3 aromatic carbocycles. The summed E-state index contributed by atoms with van der Waals surface area (Å²) in [4.78, 5) is 65.7. The number of carboxylic acid groups (broad SMARTS) is 2. The number of hydrogen-bond donors (Lipinski definition) is 4. The Balaban J connectivity index is 1.28. The fraction of sp³-hybridized carbons (Fsp3) is 0.341. The van der Waals surface area contributed by atoms with E-state index in [1.54, 1.807) is 35.2 Å². The van der Waals surface area contributed by atoms with E-state index in [-0.39, 0.29) is 48.7 Å². The number of benzene rings is 3. The zero-order valence-electron chi connectivity index (χ0n) is 29.6. The smallest absolute Gasteiger partial charge is 0.335 e. The molecule has 272 valence electrons. The van der Waals surface area contributed by atoms with Crippen molar-refractivity contribution in [2.24, 2.45) is 0 Å². The van der Waals surface area contributed by atoms with Crippen molar-refractivity contribution in [1.82, 2.24) is 4.90 Å². The van der Waals surface area contributed by atoms with Crippen LogP contribution >= 0.6 is 11.3 Å². The number of anilines is 2. The normalized spacial score (nSPS) is 12.2. The number of nitrogens with zero attached hydrogens (tertiary/aromatic N) is 1. The molecular formula is C41H45N3O7S. The zero-order valence-corrected chi connectivity index (χ0v) is 30.4. The Bertz CT molecular complexity index is 1910. The van der Waals surface area contributed by atoms with Gasteiger partial charge in [0.05, 0.1) is 17.5 Å². The molecule has 0 spiro atoms. The molecule has 1 aromatic heterocycles. The summed E-state index contributed by atoms with van der Waals surface area (Å²) in [7, 11) is 0. The molecule has 3 amide bonds. The molecule has 1 heterocycles. The third-order valence-corrected chi connectivity index (χ3v) is 10.7. The van der Waals surface area contributed by atoms with Gasteiger partial charge >= 0.3 is 11.9 Å². The van der Waals surface area contributed by atoms with E-state index in [9.17, 15) is 24.0 Å². The molecule has 52 heavy (non-hydrogen) atoms. The number of carboxylic acids is 2. The number of aliphatic carboxylic acids is 1. The van der Waals surface area contributed by atoms with Crippen molar-refractivity contribution < 1.29 is 34.2 Å². The number of aromatic carboxylic acids is 1. The SMILES string of the molecule is CCC(CC)N(Cc1cccc(C(=O)Nc2sc3c(c2C(=O)Nc2ccc(CCc4ccc(C(=O)O)cc4)cc2)CCCC3)c1)C(=O)CCC(=O)O. The average Bonchev–Trinajstić information content (AvgIpc) is 3.51. The molecule has 5 rings (SSSR count). The Hall–Kier alpha value is -5.29. The summed E-state index contributed by atoms with van der Waals surface area (Å²) in [6, 6.07) is 21.5.